The molecule has 0 aromatic heterocycles. The topological polar surface area (TPSA) is 32.3 Å². The molecule has 2 aromatic carbocycles. The quantitative estimate of drug-likeness (QED) is 0.781. The minimum Gasteiger partial charge on any atom is -0.389 e. The standard InChI is InChI=1S/C21H26ClNO/c22-19-11-7-10-18(14-19)20(21(24)12-5-2-6-13-21)16-23-15-17-8-3-1-4-9-17/h1,3-4,7-11,14,20,23-24H,2,5-6,12-13,15-16H2. The van der Waals surface area contributed by atoms with Crippen molar-refractivity contribution in [2.75, 3.05) is 6.54 Å². The average Bonchev–Trinajstić information content (AvgIpc) is 2.60. The first-order valence-corrected chi connectivity index (χ1v) is 9.28. The highest BCUT2D eigenvalue weighted by Gasteiger charge is 2.38. The minimum atomic E-state index is -0.632. The van der Waals surface area contributed by atoms with Gasteiger partial charge < -0.3 is 10.4 Å². The summed E-state index contributed by atoms with van der Waals surface area (Å²) in [5.41, 5.74) is 1.76. The Morgan fingerprint density at radius 1 is 1.00 bits per heavy atom. The van der Waals surface area contributed by atoms with Crippen LogP contribution in [0.5, 0.6) is 0 Å². The molecule has 3 rings (SSSR count). The van der Waals surface area contributed by atoms with Gasteiger partial charge >= 0.3 is 0 Å². The fourth-order valence-electron chi connectivity index (χ4n) is 3.81. The van der Waals surface area contributed by atoms with Gasteiger partial charge in [-0.15, -0.1) is 0 Å². The van der Waals surface area contributed by atoms with E-state index in [9.17, 15) is 5.11 Å². The van der Waals surface area contributed by atoms with Gasteiger partial charge in [-0.2, -0.15) is 0 Å². The molecular formula is C21H26ClNO. The summed E-state index contributed by atoms with van der Waals surface area (Å²) in [6, 6.07) is 18.4. The van der Waals surface area contributed by atoms with E-state index in [0.29, 0.717) is 0 Å². The van der Waals surface area contributed by atoms with Gasteiger partial charge in [-0.05, 0) is 36.1 Å². The van der Waals surface area contributed by atoms with Crippen molar-refractivity contribution in [3.05, 3.63) is 70.7 Å². The fourth-order valence-corrected chi connectivity index (χ4v) is 4.01. The normalized spacial score (nSPS) is 18.2. The zero-order chi connectivity index (χ0) is 16.8. The lowest BCUT2D eigenvalue weighted by Crippen LogP contribution is -2.43. The van der Waals surface area contributed by atoms with Crippen LogP contribution in [0.15, 0.2) is 54.6 Å². The molecule has 0 aliphatic heterocycles. The van der Waals surface area contributed by atoms with E-state index in [2.05, 4.69) is 35.6 Å². The zero-order valence-corrected chi connectivity index (χ0v) is 14.8. The smallest absolute Gasteiger partial charge is 0.0728 e. The molecule has 0 bridgehead atoms. The van der Waals surface area contributed by atoms with Crippen LogP contribution in [0.4, 0.5) is 0 Å². The molecule has 1 unspecified atom stereocenters. The van der Waals surface area contributed by atoms with E-state index in [0.717, 1.165) is 49.4 Å². The Kier molecular flexibility index (Phi) is 5.94. The Labute approximate surface area is 149 Å². The van der Waals surface area contributed by atoms with E-state index < -0.39 is 5.60 Å². The lowest BCUT2D eigenvalue weighted by molar-refractivity contribution is -0.0216. The highest BCUT2D eigenvalue weighted by Crippen LogP contribution is 2.40. The van der Waals surface area contributed by atoms with E-state index in [4.69, 9.17) is 11.6 Å². The molecule has 2 N–H and O–H groups in total. The molecular weight excluding hydrogens is 318 g/mol. The second-order valence-corrected chi connectivity index (χ2v) is 7.32. The van der Waals surface area contributed by atoms with Gasteiger partial charge in [-0.1, -0.05) is 73.3 Å². The molecule has 0 heterocycles. The molecule has 2 nitrogen and oxygen atoms in total. The lowest BCUT2D eigenvalue weighted by Gasteiger charge is -2.40. The molecule has 1 atom stereocenters. The summed E-state index contributed by atoms with van der Waals surface area (Å²) in [5.74, 6) is 0.0696. The summed E-state index contributed by atoms with van der Waals surface area (Å²) < 4.78 is 0. The molecule has 1 aliphatic rings. The third kappa shape index (κ3) is 4.38. The van der Waals surface area contributed by atoms with E-state index in [1.165, 1.54) is 12.0 Å². The Morgan fingerprint density at radius 3 is 2.46 bits per heavy atom. The summed E-state index contributed by atoms with van der Waals surface area (Å²) in [7, 11) is 0. The second-order valence-electron chi connectivity index (χ2n) is 6.89. The molecule has 1 fully saturated rings. The van der Waals surface area contributed by atoms with Crippen LogP contribution in [0.1, 0.15) is 49.1 Å². The Hall–Kier alpha value is -1.35. The third-order valence-corrected chi connectivity index (χ3v) is 5.37. The van der Waals surface area contributed by atoms with Gasteiger partial charge in [0, 0.05) is 24.0 Å². The summed E-state index contributed by atoms with van der Waals surface area (Å²) >= 11 is 6.20. The van der Waals surface area contributed by atoms with Crippen molar-refractivity contribution in [1.82, 2.24) is 5.32 Å². The summed E-state index contributed by atoms with van der Waals surface area (Å²) in [4.78, 5) is 0. The molecule has 128 valence electrons. The number of benzene rings is 2. The van der Waals surface area contributed by atoms with Gasteiger partial charge in [0.15, 0.2) is 0 Å². The van der Waals surface area contributed by atoms with Crippen LogP contribution in [-0.4, -0.2) is 17.3 Å². The number of hydrogen-bond acceptors (Lipinski definition) is 2. The number of hydrogen-bond donors (Lipinski definition) is 2. The molecule has 0 radical (unpaired) electrons. The third-order valence-electron chi connectivity index (χ3n) is 5.14. The highest BCUT2D eigenvalue weighted by atomic mass is 35.5. The van der Waals surface area contributed by atoms with Crippen molar-refractivity contribution >= 4 is 11.6 Å². The number of aliphatic hydroxyl groups is 1. The Balaban J connectivity index is 1.74. The van der Waals surface area contributed by atoms with Crippen LogP contribution in [0.2, 0.25) is 5.02 Å². The second kappa shape index (κ2) is 8.15. The van der Waals surface area contributed by atoms with Gasteiger partial charge in [0.25, 0.3) is 0 Å². The number of rotatable bonds is 6. The van der Waals surface area contributed by atoms with Crippen molar-refractivity contribution in [2.24, 2.45) is 0 Å². The predicted molar refractivity (Wildman–Crippen MR) is 100 cm³/mol. The maximum absolute atomic E-state index is 11.3. The lowest BCUT2D eigenvalue weighted by atomic mass is 9.72. The van der Waals surface area contributed by atoms with E-state index in [1.807, 2.05) is 24.3 Å². The van der Waals surface area contributed by atoms with Crippen LogP contribution in [-0.2, 0) is 6.54 Å². The maximum Gasteiger partial charge on any atom is 0.0728 e. The molecule has 24 heavy (non-hydrogen) atoms. The first-order valence-electron chi connectivity index (χ1n) is 8.90. The molecule has 2 aromatic rings. The van der Waals surface area contributed by atoms with Crippen molar-refractivity contribution in [3.63, 3.8) is 0 Å². The molecule has 1 aliphatic carbocycles. The predicted octanol–water partition coefficient (Wildman–Crippen LogP) is 4.91. The summed E-state index contributed by atoms with van der Waals surface area (Å²) in [6.07, 6.45) is 5.18. The van der Waals surface area contributed by atoms with E-state index in [-0.39, 0.29) is 5.92 Å². The Morgan fingerprint density at radius 2 is 1.75 bits per heavy atom. The number of nitrogens with one attached hydrogen (secondary N) is 1. The molecule has 1 saturated carbocycles. The molecule has 3 heteroatoms. The average molecular weight is 344 g/mol. The molecule has 0 saturated heterocycles. The fraction of sp³-hybridized carbons (Fsp3) is 0.429. The maximum atomic E-state index is 11.3. The summed E-state index contributed by atoms with van der Waals surface area (Å²) in [5, 5.41) is 15.6. The van der Waals surface area contributed by atoms with E-state index >= 15 is 0 Å². The molecule has 0 spiro atoms. The van der Waals surface area contributed by atoms with Crippen LogP contribution in [0.25, 0.3) is 0 Å². The van der Waals surface area contributed by atoms with Gasteiger partial charge in [0.2, 0.25) is 0 Å². The van der Waals surface area contributed by atoms with Crippen LogP contribution >= 0.6 is 11.6 Å². The largest absolute Gasteiger partial charge is 0.389 e. The van der Waals surface area contributed by atoms with Crippen molar-refractivity contribution in [2.45, 2.75) is 50.2 Å². The summed E-state index contributed by atoms with van der Waals surface area (Å²) in [6.45, 7) is 1.57. The van der Waals surface area contributed by atoms with Crippen molar-refractivity contribution in [1.29, 1.82) is 0 Å². The monoisotopic (exact) mass is 343 g/mol. The van der Waals surface area contributed by atoms with Gasteiger partial charge in [0.05, 0.1) is 5.60 Å². The first-order chi connectivity index (χ1) is 11.7. The first kappa shape index (κ1) is 17.5. The van der Waals surface area contributed by atoms with Gasteiger partial charge in [0.1, 0.15) is 0 Å². The van der Waals surface area contributed by atoms with Gasteiger partial charge in [-0.3, -0.25) is 0 Å². The van der Waals surface area contributed by atoms with E-state index in [1.54, 1.807) is 0 Å². The van der Waals surface area contributed by atoms with Crippen LogP contribution < -0.4 is 5.32 Å². The van der Waals surface area contributed by atoms with Crippen molar-refractivity contribution in [3.8, 4) is 0 Å². The molecule has 0 amide bonds. The van der Waals surface area contributed by atoms with Gasteiger partial charge in [-0.25, -0.2) is 0 Å². The van der Waals surface area contributed by atoms with Crippen LogP contribution in [0, 0.1) is 0 Å². The van der Waals surface area contributed by atoms with Crippen LogP contribution in [0.3, 0.4) is 0 Å². The van der Waals surface area contributed by atoms with Crippen molar-refractivity contribution < 1.29 is 5.11 Å². The Bertz CT molecular complexity index is 637. The zero-order valence-electron chi connectivity index (χ0n) is 14.0. The SMILES string of the molecule is OC1(C(CNCc2ccccc2)c2cccc(Cl)c2)CCCCC1. The minimum absolute atomic E-state index is 0.0696. The number of halogens is 1. The highest BCUT2D eigenvalue weighted by molar-refractivity contribution is 6.30.